The van der Waals surface area contributed by atoms with Gasteiger partial charge in [-0.25, -0.2) is 9.07 Å². The Morgan fingerprint density at radius 2 is 1.68 bits per heavy atom. The van der Waals surface area contributed by atoms with E-state index in [2.05, 4.69) is 10.4 Å². The molecule has 4 aromatic rings. The zero-order valence-corrected chi connectivity index (χ0v) is 17.2. The van der Waals surface area contributed by atoms with Gasteiger partial charge in [-0.15, -0.1) is 0 Å². The van der Waals surface area contributed by atoms with Crippen LogP contribution in [0.2, 0.25) is 5.02 Å². The zero-order chi connectivity index (χ0) is 21.6. The maximum Gasteiger partial charge on any atom is 0.236 e. The van der Waals surface area contributed by atoms with Crippen molar-refractivity contribution in [3.8, 4) is 5.75 Å². The van der Waals surface area contributed by atoms with Gasteiger partial charge in [-0.05, 0) is 29.3 Å². The third-order valence-corrected chi connectivity index (χ3v) is 4.97. The Hall–Kier alpha value is -3.64. The van der Waals surface area contributed by atoms with Crippen molar-refractivity contribution in [3.63, 3.8) is 0 Å². The molecule has 31 heavy (non-hydrogen) atoms. The van der Waals surface area contributed by atoms with Gasteiger partial charge in [0.05, 0.1) is 29.0 Å². The van der Waals surface area contributed by atoms with E-state index in [1.807, 2.05) is 60.7 Å². The summed E-state index contributed by atoms with van der Waals surface area (Å²) < 4.78 is 20.2. The maximum absolute atomic E-state index is 13.1. The summed E-state index contributed by atoms with van der Waals surface area (Å²) in [6.45, 7) is 0.0576. The molecule has 156 valence electrons. The van der Waals surface area contributed by atoms with Crippen molar-refractivity contribution in [3.05, 3.63) is 113 Å². The first-order valence-electron chi connectivity index (χ1n) is 9.61. The van der Waals surface area contributed by atoms with Crippen LogP contribution in [0, 0.1) is 5.82 Å². The number of hydrogen-bond acceptors (Lipinski definition) is 3. The summed E-state index contributed by atoms with van der Waals surface area (Å²) in [5, 5.41) is 7.29. The summed E-state index contributed by atoms with van der Waals surface area (Å²) in [7, 11) is 0. The molecule has 0 fully saturated rings. The number of halogens is 2. The summed E-state index contributed by atoms with van der Waals surface area (Å²) in [6.07, 6.45) is 3.20. The second-order valence-electron chi connectivity index (χ2n) is 6.86. The van der Waals surface area contributed by atoms with E-state index in [-0.39, 0.29) is 17.7 Å². The Kier molecular flexibility index (Phi) is 6.29. The molecular weight excluding hydrogens is 417 g/mol. The van der Waals surface area contributed by atoms with Crippen LogP contribution in [0.3, 0.4) is 0 Å². The third kappa shape index (κ3) is 5.10. The number of hydrogen-bond donors (Lipinski definition) is 1. The average Bonchev–Trinajstić information content (AvgIpc) is 3.22. The molecule has 0 aliphatic carbocycles. The number of amides is 1. The van der Waals surface area contributed by atoms with Crippen LogP contribution in [0.5, 0.6) is 5.75 Å². The van der Waals surface area contributed by atoms with Gasteiger partial charge in [0, 0.05) is 0 Å². The number of benzene rings is 3. The van der Waals surface area contributed by atoms with E-state index in [1.165, 1.54) is 22.9 Å². The Balaban J connectivity index is 1.47. The molecule has 1 N–H and O–H groups in total. The molecule has 0 aliphatic rings. The second-order valence-corrected chi connectivity index (χ2v) is 7.27. The van der Waals surface area contributed by atoms with Gasteiger partial charge in [-0.3, -0.25) is 4.79 Å². The molecule has 0 bridgehead atoms. The number of aromatic nitrogens is 2. The van der Waals surface area contributed by atoms with Gasteiger partial charge in [-0.2, -0.15) is 5.10 Å². The normalized spacial score (nSPS) is 10.8. The van der Waals surface area contributed by atoms with Crippen molar-refractivity contribution in [1.82, 2.24) is 9.78 Å². The highest BCUT2D eigenvalue weighted by molar-refractivity contribution is 6.32. The highest BCUT2D eigenvalue weighted by Gasteiger charge is 2.23. The minimum Gasteiger partial charge on any atom is -0.470 e. The van der Waals surface area contributed by atoms with Crippen LogP contribution in [0.25, 0.3) is 0 Å². The molecule has 1 aromatic heterocycles. The molecule has 0 atom stereocenters. The summed E-state index contributed by atoms with van der Waals surface area (Å²) in [4.78, 5) is 13.1. The zero-order valence-electron chi connectivity index (χ0n) is 16.4. The van der Waals surface area contributed by atoms with Gasteiger partial charge in [0.25, 0.3) is 0 Å². The van der Waals surface area contributed by atoms with E-state index >= 15 is 0 Å². The van der Waals surface area contributed by atoms with Crippen LogP contribution in [0.1, 0.15) is 17.0 Å². The van der Waals surface area contributed by atoms with E-state index in [9.17, 15) is 9.18 Å². The lowest BCUT2D eigenvalue weighted by atomic mass is 9.90. The van der Waals surface area contributed by atoms with Gasteiger partial charge in [-0.1, -0.05) is 72.3 Å². The van der Waals surface area contributed by atoms with Crippen molar-refractivity contribution in [2.24, 2.45) is 0 Å². The van der Waals surface area contributed by atoms with Crippen LogP contribution in [0.4, 0.5) is 10.1 Å². The average molecular weight is 436 g/mol. The largest absolute Gasteiger partial charge is 0.470 e. The van der Waals surface area contributed by atoms with Crippen LogP contribution in [-0.2, 0) is 11.5 Å². The lowest BCUT2D eigenvalue weighted by Crippen LogP contribution is -2.22. The standard InChI is InChI=1S/C24H19ClFN3O2/c25-21-13-19(26)11-12-22(21)31-16-29-15-20(14-27-29)28-24(30)23(17-7-3-1-4-8-17)18-9-5-2-6-10-18/h1-15,23H,16H2,(H,28,30). The topological polar surface area (TPSA) is 56.2 Å². The number of nitrogens with one attached hydrogen (secondary N) is 1. The highest BCUT2D eigenvalue weighted by atomic mass is 35.5. The second kappa shape index (κ2) is 9.45. The van der Waals surface area contributed by atoms with E-state index < -0.39 is 11.7 Å². The fraction of sp³-hybridized carbons (Fsp3) is 0.0833. The molecule has 0 unspecified atom stereocenters. The predicted octanol–water partition coefficient (Wildman–Crippen LogP) is 5.48. The summed E-state index contributed by atoms with van der Waals surface area (Å²) in [5.41, 5.74) is 2.33. The quantitative estimate of drug-likeness (QED) is 0.418. The van der Waals surface area contributed by atoms with Gasteiger partial charge in [0.1, 0.15) is 11.6 Å². The molecule has 0 saturated heterocycles. The molecule has 7 heteroatoms. The van der Waals surface area contributed by atoms with Crippen molar-refractivity contribution >= 4 is 23.2 Å². The fourth-order valence-electron chi connectivity index (χ4n) is 3.23. The minimum absolute atomic E-state index is 0.0576. The number of ether oxygens (including phenoxy) is 1. The van der Waals surface area contributed by atoms with Crippen molar-refractivity contribution in [1.29, 1.82) is 0 Å². The minimum atomic E-state index is -0.458. The first kappa shape index (κ1) is 20.6. The van der Waals surface area contributed by atoms with Crippen molar-refractivity contribution in [2.45, 2.75) is 12.6 Å². The van der Waals surface area contributed by atoms with Crippen LogP contribution in [0.15, 0.2) is 91.3 Å². The molecular formula is C24H19ClFN3O2. The molecule has 5 nitrogen and oxygen atoms in total. The van der Waals surface area contributed by atoms with Crippen molar-refractivity contribution < 1.29 is 13.9 Å². The molecule has 4 rings (SSSR count). The van der Waals surface area contributed by atoms with Crippen LogP contribution >= 0.6 is 11.6 Å². The first-order chi connectivity index (χ1) is 15.1. The molecule has 1 heterocycles. The number of carbonyl (C=O) groups excluding carboxylic acids is 1. The molecule has 0 aliphatic heterocycles. The van der Waals surface area contributed by atoms with Gasteiger partial charge >= 0.3 is 0 Å². The Morgan fingerprint density at radius 3 is 2.29 bits per heavy atom. The number of carbonyl (C=O) groups is 1. The molecule has 0 saturated carbocycles. The molecule has 0 spiro atoms. The van der Waals surface area contributed by atoms with Crippen LogP contribution in [-0.4, -0.2) is 15.7 Å². The van der Waals surface area contributed by atoms with Gasteiger partial charge in [0.2, 0.25) is 5.91 Å². The predicted molar refractivity (Wildman–Crippen MR) is 118 cm³/mol. The fourth-order valence-corrected chi connectivity index (χ4v) is 3.45. The Bertz CT molecular complexity index is 1130. The Labute approximate surface area is 184 Å². The van der Waals surface area contributed by atoms with E-state index in [0.29, 0.717) is 11.4 Å². The molecule has 3 aromatic carbocycles. The monoisotopic (exact) mass is 435 g/mol. The summed E-state index contributed by atoms with van der Waals surface area (Å²) in [6, 6.07) is 23.1. The number of anilines is 1. The SMILES string of the molecule is O=C(Nc1cnn(COc2ccc(F)cc2Cl)c1)C(c1ccccc1)c1ccccc1. The third-order valence-electron chi connectivity index (χ3n) is 4.68. The first-order valence-corrected chi connectivity index (χ1v) is 9.99. The van der Waals surface area contributed by atoms with E-state index in [4.69, 9.17) is 16.3 Å². The van der Waals surface area contributed by atoms with Crippen LogP contribution < -0.4 is 10.1 Å². The summed E-state index contributed by atoms with van der Waals surface area (Å²) >= 11 is 5.97. The lowest BCUT2D eigenvalue weighted by molar-refractivity contribution is -0.116. The maximum atomic E-state index is 13.1. The summed E-state index contributed by atoms with van der Waals surface area (Å²) in [5.74, 6) is -0.718. The number of nitrogens with zero attached hydrogens (tertiary/aromatic N) is 2. The lowest BCUT2D eigenvalue weighted by Gasteiger charge is -2.17. The molecule has 0 radical (unpaired) electrons. The van der Waals surface area contributed by atoms with E-state index in [0.717, 1.165) is 11.1 Å². The number of rotatable bonds is 7. The van der Waals surface area contributed by atoms with Gasteiger partial charge in [0.15, 0.2) is 6.73 Å². The van der Waals surface area contributed by atoms with Crippen molar-refractivity contribution in [2.75, 3.05) is 5.32 Å². The van der Waals surface area contributed by atoms with E-state index in [1.54, 1.807) is 12.4 Å². The van der Waals surface area contributed by atoms with Gasteiger partial charge < -0.3 is 10.1 Å². The Morgan fingerprint density at radius 1 is 1.03 bits per heavy atom. The molecule has 1 amide bonds. The highest BCUT2D eigenvalue weighted by Crippen LogP contribution is 2.27. The smallest absolute Gasteiger partial charge is 0.236 e.